The molecule has 0 saturated heterocycles. The molecule has 8 nitrogen and oxygen atoms in total. The molecule has 1 saturated carbocycles. The van der Waals surface area contributed by atoms with Crippen LogP contribution in [-0.2, 0) is 11.3 Å². The Labute approximate surface area is 222 Å². The Morgan fingerprint density at radius 3 is 2.61 bits per heavy atom. The molecule has 38 heavy (non-hydrogen) atoms. The second-order valence-corrected chi connectivity index (χ2v) is 10.1. The lowest BCUT2D eigenvalue weighted by Gasteiger charge is -2.13. The van der Waals surface area contributed by atoms with E-state index in [1.165, 1.54) is 24.5 Å². The molecule has 1 atom stereocenters. The zero-order chi connectivity index (χ0) is 27.0. The second kappa shape index (κ2) is 10.2. The van der Waals surface area contributed by atoms with Crippen LogP contribution in [-0.4, -0.2) is 42.8 Å². The molecule has 4 aromatic rings. The summed E-state index contributed by atoms with van der Waals surface area (Å²) in [5, 5.41) is 9.33. The van der Waals surface area contributed by atoms with Crippen LogP contribution >= 0.6 is 11.6 Å². The molecule has 0 aliphatic heterocycles. The molecule has 2 aromatic carbocycles. The maximum absolute atomic E-state index is 14.6. The van der Waals surface area contributed by atoms with Crippen LogP contribution in [0.1, 0.15) is 38.7 Å². The number of nitrogens with zero attached hydrogens (tertiary/aromatic N) is 4. The first kappa shape index (κ1) is 25.8. The van der Waals surface area contributed by atoms with E-state index in [1.54, 1.807) is 29.7 Å². The van der Waals surface area contributed by atoms with Crippen molar-refractivity contribution in [3.63, 3.8) is 0 Å². The number of halogens is 3. The van der Waals surface area contributed by atoms with E-state index in [0.29, 0.717) is 34.7 Å². The predicted molar refractivity (Wildman–Crippen MR) is 136 cm³/mol. The molecule has 2 aromatic heterocycles. The molecule has 0 amide bonds. The van der Waals surface area contributed by atoms with E-state index in [2.05, 4.69) is 9.97 Å². The third-order valence-electron chi connectivity index (χ3n) is 6.60. The third kappa shape index (κ3) is 5.26. The SMILES string of the molecule is CC(CCOc1ccc(-c2nc3c(OC4(C)CC4)ncnc3n2Cc2c(F)cccc2F)c(Cl)c1)C(=O)O. The third-order valence-corrected chi connectivity index (χ3v) is 6.91. The van der Waals surface area contributed by atoms with Gasteiger partial charge < -0.3 is 19.1 Å². The van der Waals surface area contributed by atoms with Gasteiger partial charge in [0.05, 0.1) is 24.1 Å². The van der Waals surface area contributed by atoms with Crippen molar-refractivity contribution < 1.29 is 28.2 Å². The van der Waals surface area contributed by atoms with Gasteiger partial charge in [-0.05, 0) is 56.5 Å². The van der Waals surface area contributed by atoms with Crippen molar-refractivity contribution in [2.45, 2.75) is 45.3 Å². The van der Waals surface area contributed by atoms with Gasteiger partial charge in [-0.1, -0.05) is 24.6 Å². The summed E-state index contributed by atoms with van der Waals surface area (Å²) in [7, 11) is 0. The monoisotopic (exact) mass is 542 g/mol. The zero-order valence-corrected chi connectivity index (χ0v) is 21.5. The lowest BCUT2D eigenvalue weighted by molar-refractivity contribution is -0.141. The van der Waals surface area contributed by atoms with Crippen molar-refractivity contribution in [3.05, 3.63) is 64.9 Å². The van der Waals surface area contributed by atoms with Gasteiger partial charge in [0.15, 0.2) is 11.2 Å². The van der Waals surface area contributed by atoms with Gasteiger partial charge in [-0.25, -0.2) is 18.7 Å². The standard InChI is InChI=1S/C27H25ClF2N4O4/c1-15(26(35)36)8-11-37-16-6-7-17(19(28)12-16)23-33-22-24(31-14-32-25(22)38-27(2)9-10-27)34(23)13-18-20(29)4-3-5-21(18)30/h3-7,12,14-15H,8-11,13H2,1-2H3,(H,35,36). The topological polar surface area (TPSA) is 99.4 Å². The molecule has 1 unspecified atom stereocenters. The van der Waals surface area contributed by atoms with Gasteiger partial charge in [0, 0.05) is 11.1 Å². The van der Waals surface area contributed by atoms with Crippen LogP contribution in [0.5, 0.6) is 11.6 Å². The Morgan fingerprint density at radius 2 is 1.95 bits per heavy atom. The number of fused-ring (bicyclic) bond motifs is 1. The highest BCUT2D eigenvalue weighted by Crippen LogP contribution is 2.41. The molecule has 0 radical (unpaired) electrons. The van der Waals surface area contributed by atoms with Gasteiger partial charge in [-0.3, -0.25) is 4.79 Å². The van der Waals surface area contributed by atoms with Crippen LogP contribution in [0.15, 0.2) is 42.7 Å². The fraction of sp³-hybridized carbons (Fsp3) is 0.333. The first-order valence-corrected chi connectivity index (χ1v) is 12.5. The highest BCUT2D eigenvalue weighted by Gasteiger charge is 2.41. The van der Waals surface area contributed by atoms with Crippen LogP contribution in [0.3, 0.4) is 0 Å². The van der Waals surface area contributed by atoms with Crippen molar-refractivity contribution in [1.82, 2.24) is 19.5 Å². The fourth-order valence-electron chi connectivity index (χ4n) is 3.94. The van der Waals surface area contributed by atoms with E-state index in [9.17, 15) is 13.6 Å². The molecule has 1 fully saturated rings. The summed E-state index contributed by atoms with van der Waals surface area (Å²) in [6, 6.07) is 8.64. The first-order valence-electron chi connectivity index (χ1n) is 12.1. The quantitative estimate of drug-likeness (QED) is 0.266. The van der Waals surface area contributed by atoms with Crippen molar-refractivity contribution in [3.8, 4) is 23.0 Å². The first-order chi connectivity index (χ1) is 18.1. The molecule has 5 rings (SSSR count). The number of benzene rings is 2. The fourth-order valence-corrected chi connectivity index (χ4v) is 4.20. The van der Waals surface area contributed by atoms with Crippen molar-refractivity contribution in [2.75, 3.05) is 6.61 Å². The van der Waals surface area contributed by atoms with Crippen LogP contribution in [0.25, 0.3) is 22.6 Å². The second-order valence-electron chi connectivity index (χ2n) is 9.64. The molecule has 0 bridgehead atoms. The van der Waals surface area contributed by atoms with E-state index in [1.807, 2.05) is 6.92 Å². The Balaban J connectivity index is 1.55. The van der Waals surface area contributed by atoms with Gasteiger partial charge in [0.1, 0.15) is 35.1 Å². The van der Waals surface area contributed by atoms with Crippen molar-refractivity contribution >= 4 is 28.7 Å². The van der Waals surface area contributed by atoms with Crippen LogP contribution < -0.4 is 9.47 Å². The van der Waals surface area contributed by atoms with Gasteiger partial charge >= 0.3 is 5.97 Å². The molecular weight excluding hydrogens is 518 g/mol. The van der Waals surface area contributed by atoms with Gasteiger partial charge in [0.2, 0.25) is 5.88 Å². The molecular formula is C27H25ClF2N4O4. The minimum Gasteiger partial charge on any atom is -0.494 e. The van der Waals surface area contributed by atoms with E-state index in [0.717, 1.165) is 12.8 Å². The Morgan fingerprint density at radius 1 is 1.21 bits per heavy atom. The number of aromatic nitrogens is 4. The Kier molecular flexibility index (Phi) is 6.92. The Bertz CT molecular complexity index is 1500. The molecule has 11 heteroatoms. The van der Waals surface area contributed by atoms with Gasteiger partial charge in [0.25, 0.3) is 0 Å². The molecule has 0 spiro atoms. The number of carboxylic acid groups (broad SMARTS) is 1. The largest absolute Gasteiger partial charge is 0.494 e. The Hall–Kier alpha value is -3.79. The minimum absolute atomic E-state index is 0.146. The predicted octanol–water partition coefficient (Wildman–Crippen LogP) is 5.89. The maximum atomic E-state index is 14.6. The smallest absolute Gasteiger partial charge is 0.306 e. The average molecular weight is 543 g/mol. The summed E-state index contributed by atoms with van der Waals surface area (Å²) in [4.78, 5) is 24.4. The number of carbonyl (C=O) groups is 1. The highest BCUT2D eigenvalue weighted by atomic mass is 35.5. The zero-order valence-electron chi connectivity index (χ0n) is 20.7. The van der Waals surface area contributed by atoms with Crippen LogP contribution in [0.4, 0.5) is 8.78 Å². The average Bonchev–Trinajstić information content (AvgIpc) is 3.48. The lowest BCUT2D eigenvalue weighted by Crippen LogP contribution is -2.13. The van der Waals surface area contributed by atoms with Crippen LogP contribution in [0, 0.1) is 17.6 Å². The summed E-state index contributed by atoms with van der Waals surface area (Å²) in [6.07, 6.45) is 3.43. The normalized spacial score (nSPS) is 14.9. The van der Waals surface area contributed by atoms with E-state index in [4.69, 9.17) is 31.2 Å². The summed E-state index contributed by atoms with van der Waals surface area (Å²) >= 11 is 6.63. The van der Waals surface area contributed by atoms with Crippen molar-refractivity contribution in [2.24, 2.45) is 5.92 Å². The molecule has 1 N–H and O–H groups in total. The molecule has 1 aliphatic rings. The number of aliphatic carboxylic acids is 1. The van der Waals surface area contributed by atoms with E-state index < -0.39 is 23.5 Å². The van der Waals surface area contributed by atoms with E-state index >= 15 is 0 Å². The molecule has 1 aliphatic carbocycles. The highest BCUT2D eigenvalue weighted by molar-refractivity contribution is 6.33. The van der Waals surface area contributed by atoms with E-state index in [-0.39, 0.29) is 35.2 Å². The molecule has 2 heterocycles. The number of ether oxygens (including phenoxy) is 2. The maximum Gasteiger partial charge on any atom is 0.306 e. The number of hydrogen-bond donors (Lipinski definition) is 1. The van der Waals surface area contributed by atoms with Crippen LogP contribution in [0.2, 0.25) is 5.02 Å². The number of carboxylic acids is 1. The number of imidazole rings is 1. The lowest BCUT2D eigenvalue weighted by atomic mass is 10.1. The summed E-state index contributed by atoms with van der Waals surface area (Å²) in [5.74, 6) is -1.77. The van der Waals surface area contributed by atoms with Gasteiger partial charge in [-0.2, -0.15) is 4.98 Å². The number of hydrogen-bond acceptors (Lipinski definition) is 6. The minimum atomic E-state index is -0.894. The molecule has 198 valence electrons. The summed E-state index contributed by atoms with van der Waals surface area (Å²) in [6.45, 7) is 3.58. The summed E-state index contributed by atoms with van der Waals surface area (Å²) < 4.78 is 42.6. The number of rotatable bonds is 10. The van der Waals surface area contributed by atoms with Gasteiger partial charge in [-0.15, -0.1) is 0 Å². The van der Waals surface area contributed by atoms with Crippen molar-refractivity contribution in [1.29, 1.82) is 0 Å². The summed E-state index contributed by atoms with van der Waals surface area (Å²) in [5.41, 5.74) is 0.697.